The molecule has 6 nitrogen and oxygen atoms in total. The van der Waals surface area contributed by atoms with Crippen LogP contribution < -0.4 is 10.6 Å². The maximum Gasteiger partial charge on any atom is 0.225 e. The molecule has 6 heteroatoms. The molecule has 0 saturated carbocycles. The summed E-state index contributed by atoms with van der Waals surface area (Å²) in [6, 6.07) is 28.4. The van der Waals surface area contributed by atoms with E-state index in [1.54, 1.807) is 6.33 Å². The summed E-state index contributed by atoms with van der Waals surface area (Å²) < 4.78 is 1.97. The summed E-state index contributed by atoms with van der Waals surface area (Å²) in [5.41, 5.74) is 3.09. The molecule has 2 aromatic heterocycles. The van der Waals surface area contributed by atoms with E-state index in [1.165, 1.54) is 5.56 Å². The smallest absolute Gasteiger partial charge is 0.225 e. The lowest BCUT2D eigenvalue weighted by Crippen LogP contribution is -2.10. The monoisotopic (exact) mass is 406 g/mol. The Bertz CT molecular complexity index is 1300. The predicted molar refractivity (Wildman–Crippen MR) is 125 cm³/mol. The van der Waals surface area contributed by atoms with E-state index < -0.39 is 0 Å². The largest absolute Gasteiger partial charge is 0.348 e. The average molecular weight is 406 g/mol. The number of hydrogen-bond donors (Lipinski definition) is 2. The van der Waals surface area contributed by atoms with Crippen molar-refractivity contribution in [2.45, 2.75) is 13.0 Å². The van der Waals surface area contributed by atoms with E-state index in [4.69, 9.17) is 9.97 Å². The first kappa shape index (κ1) is 18.8. The molecule has 0 saturated heterocycles. The van der Waals surface area contributed by atoms with Crippen molar-refractivity contribution in [3.05, 3.63) is 103 Å². The SMILES string of the molecule is CC(Nc1nc(Nc2cn(-c3ccccc3)cn2)c2ccccc2n1)c1ccccc1. The second kappa shape index (κ2) is 8.28. The normalized spacial score (nSPS) is 11.9. The maximum absolute atomic E-state index is 4.76. The summed E-state index contributed by atoms with van der Waals surface area (Å²) >= 11 is 0. The number of benzene rings is 3. The minimum absolute atomic E-state index is 0.0764. The van der Waals surface area contributed by atoms with E-state index in [9.17, 15) is 0 Å². The van der Waals surface area contributed by atoms with Crippen LogP contribution in [-0.4, -0.2) is 19.5 Å². The third kappa shape index (κ3) is 4.09. The van der Waals surface area contributed by atoms with Crippen LogP contribution in [0.4, 0.5) is 17.6 Å². The lowest BCUT2D eigenvalue weighted by atomic mass is 10.1. The van der Waals surface area contributed by atoms with Crippen LogP contribution in [0.25, 0.3) is 16.6 Å². The fourth-order valence-corrected chi connectivity index (χ4v) is 3.51. The van der Waals surface area contributed by atoms with Gasteiger partial charge in [-0.3, -0.25) is 0 Å². The molecule has 0 aliphatic heterocycles. The number of rotatable bonds is 6. The zero-order valence-corrected chi connectivity index (χ0v) is 17.1. The third-order valence-corrected chi connectivity index (χ3v) is 5.13. The molecule has 1 atom stereocenters. The van der Waals surface area contributed by atoms with Crippen LogP contribution in [0, 0.1) is 0 Å². The fourth-order valence-electron chi connectivity index (χ4n) is 3.51. The Balaban J connectivity index is 1.46. The molecule has 31 heavy (non-hydrogen) atoms. The quantitative estimate of drug-likeness (QED) is 0.377. The Morgan fingerprint density at radius 3 is 2.32 bits per heavy atom. The summed E-state index contributed by atoms with van der Waals surface area (Å²) in [6.45, 7) is 2.10. The topological polar surface area (TPSA) is 67.7 Å². The second-order valence-electron chi connectivity index (χ2n) is 7.32. The van der Waals surface area contributed by atoms with Crippen LogP contribution in [0.15, 0.2) is 97.5 Å². The van der Waals surface area contributed by atoms with Crippen molar-refractivity contribution in [3.8, 4) is 5.69 Å². The Kier molecular flexibility index (Phi) is 5.02. The van der Waals surface area contributed by atoms with E-state index in [-0.39, 0.29) is 6.04 Å². The molecule has 0 fully saturated rings. The Hall–Kier alpha value is -4.19. The number of nitrogens with zero attached hydrogens (tertiary/aromatic N) is 4. The molecular weight excluding hydrogens is 384 g/mol. The molecule has 152 valence electrons. The highest BCUT2D eigenvalue weighted by molar-refractivity contribution is 5.91. The molecule has 1 unspecified atom stereocenters. The molecule has 0 spiro atoms. The number of aromatic nitrogens is 4. The van der Waals surface area contributed by atoms with Gasteiger partial charge < -0.3 is 15.2 Å². The lowest BCUT2D eigenvalue weighted by molar-refractivity contribution is 0.864. The predicted octanol–water partition coefficient (Wildman–Crippen LogP) is 5.73. The average Bonchev–Trinajstić information content (AvgIpc) is 3.29. The Morgan fingerprint density at radius 1 is 0.806 bits per heavy atom. The molecule has 0 radical (unpaired) electrons. The molecular formula is C25H22N6. The van der Waals surface area contributed by atoms with E-state index in [1.807, 2.05) is 83.6 Å². The number of para-hydroxylation sites is 2. The van der Waals surface area contributed by atoms with Crippen LogP contribution >= 0.6 is 0 Å². The van der Waals surface area contributed by atoms with Gasteiger partial charge >= 0.3 is 0 Å². The van der Waals surface area contributed by atoms with Crippen molar-refractivity contribution in [2.75, 3.05) is 10.6 Å². The zero-order chi connectivity index (χ0) is 21.0. The van der Waals surface area contributed by atoms with Crippen LogP contribution in [-0.2, 0) is 0 Å². The molecule has 5 rings (SSSR count). The zero-order valence-electron chi connectivity index (χ0n) is 17.1. The summed E-state index contributed by atoms with van der Waals surface area (Å²) in [5, 5.41) is 7.73. The van der Waals surface area contributed by atoms with Gasteiger partial charge in [0.05, 0.1) is 17.8 Å². The summed E-state index contributed by atoms with van der Waals surface area (Å²) in [7, 11) is 0. The van der Waals surface area contributed by atoms with Crippen molar-refractivity contribution in [1.82, 2.24) is 19.5 Å². The standard InChI is InChI=1S/C25H22N6/c1-18(19-10-4-2-5-11-19)27-25-28-22-15-9-8-14-21(22)24(30-25)29-23-16-31(17-26-23)20-12-6-3-7-13-20/h2-18H,1H3,(H2,27,28,29,30). The van der Waals surface area contributed by atoms with Gasteiger partial charge in [-0.15, -0.1) is 0 Å². The van der Waals surface area contributed by atoms with Crippen molar-refractivity contribution in [1.29, 1.82) is 0 Å². The molecule has 5 aromatic rings. The molecule has 0 bridgehead atoms. The number of imidazole rings is 1. The van der Waals surface area contributed by atoms with Gasteiger partial charge in [0.1, 0.15) is 18.0 Å². The fraction of sp³-hybridized carbons (Fsp3) is 0.0800. The van der Waals surface area contributed by atoms with Crippen LogP contribution in [0.3, 0.4) is 0 Å². The first-order valence-corrected chi connectivity index (χ1v) is 10.2. The molecule has 0 aliphatic rings. The van der Waals surface area contributed by atoms with E-state index in [0.29, 0.717) is 11.8 Å². The molecule has 0 aliphatic carbocycles. The molecule has 3 aromatic carbocycles. The van der Waals surface area contributed by atoms with Gasteiger partial charge in [-0.25, -0.2) is 9.97 Å². The highest BCUT2D eigenvalue weighted by Gasteiger charge is 2.12. The number of hydrogen-bond acceptors (Lipinski definition) is 5. The molecule has 0 amide bonds. The van der Waals surface area contributed by atoms with Crippen LogP contribution in [0.1, 0.15) is 18.5 Å². The van der Waals surface area contributed by atoms with Gasteiger partial charge in [-0.2, -0.15) is 4.98 Å². The Labute approximate surface area is 180 Å². The van der Waals surface area contributed by atoms with E-state index in [0.717, 1.165) is 22.4 Å². The van der Waals surface area contributed by atoms with Gasteiger partial charge in [-0.05, 0) is 36.8 Å². The van der Waals surface area contributed by atoms with Crippen molar-refractivity contribution >= 4 is 28.5 Å². The maximum atomic E-state index is 4.76. The minimum atomic E-state index is 0.0764. The minimum Gasteiger partial charge on any atom is -0.348 e. The lowest BCUT2D eigenvalue weighted by Gasteiger charge is -2.16. The number of nitrogens with one attached hydrogen (secondary N) is 2. The van der Waals surface area contributed by atoms with Crippen molar-refractivity contribution < 1.29 is 0 Å². The summed E-state index contributed by atoms with van der Waals surface area (Å²) in [4.78, 5) is 14.0. The first-order chi connectivity index (χ1) is 15.3. The third-order valence-electron chi connectivity index (χ3n) is 5.13. The number of fused-ring (bicyclic) bond motifs is 1. The summed E-state index contributed by atoms with van der Waals surface area (Å²) in [5.74, 6) is 2.00. The van der Waals surface area contributed by atoms with Gasteiger partial charge in [0.2, 0.25) is 5.95 Å². The number of anilines is 3. The van der Waals surface area contributed by atoms with E-state index >= 15 is 0 Å². The van der Waals surface area contributed by atoms with Gasteiger partial charge in [-0.1, -0.05) is 60.7 Å². The Morgan fingerprint density at radius 2 is 1.52 bits per heavy atom. The van der Waals surface area contributed by atoms with Crippen molar-refractivity contribution in [2.24, 2.45) is 0 Å². The van der Waals surface area contributed by atoms with Crippen LogP contribution in [0.2, 0.25) is 0 Å². The highest BCUT2D eigenvalue weighted by atomic mass is 15.2. The van der Waals surface area contributed by atoms with Crippen molar-refractivity contribution in [3.63, 3.8) is 0 Å². The molecule has 2 N–H and O–H groups in total. The van der Waals surface area contributed by atoms with Crippen LogP contribution in [0.5, 0.6) is 0 Å². The van der Waals surface area contributed by atoms with Gasteiger partial charge in [0.25, 0.3) is 0 Å². The summed E-state index contributed by atoms with van der Waals surface area (Å²) in [6.07, 6.45) is 3.74. The van der Waals surface area contributed by atoms with Gasteiger partial charge in [0, 0.05) is 11.1 Å². The highest BCUT2D eigenvalue weighted by Crippen LogP contribution is 2.26. The molecule has 2 heterocycles. The van der Waals surface area contributed by atoms with Gasteiger partial charge in [0.15, 0.2) is 0 Å². The van der Waals surface area contributed by atoms with E-state index in [2.05, 4.69) is 34.7 Å². The first-order valence-electron chi connectivity index (χ1n) is 10.2. The second-order valence-corrected chi connectivity index (χ2v) is 7.32.